The summed E-state index contributed by atoms with van der Waals surface area (Å²) in [4.78, 5) is 12.4. The molecule has 1 N–H and O–H groups in total. The molecule has 0 saturated carbocycles. The summed E-state index contributed by atoms with van der Waals surface area (Å²) in [5.74, 6) is 1.78. The Morgan fingerprint density at radius 3 is 2.47 bits per heavy atom. The number of halogens is 1. The third-order valence-corrected chi connectivity index (χ3v) is 5.95. The molecule has 0 aliphatic heterocycles. The number of nitrogens with one attached hydrogen (secondary N) is 1. The molecule has 0 aliphatic carbocycles. The Morgan fingerprint density at radius 1 is 0.969 bits per heavy atom. The van der Waals surface area contributed by atoms with Gasteiger partial charge in [-0.25, -0.2) is 4.39 Å². The van der Waals surface area contributed by atoms with Crippen LogP contribution in [0.15, 0.2) is 77.2 Å². The number of hydrogen-bond donors (Lipinski definition) is 1. The Labute approximate surface area is 190 Å². The number of aromatic nitrogens is 2. The van der Waals surface area contributed by atoms with Crippen molar-refractivity contribution in [2.75, 3.05) is 12.3 Å². The van der Waals surface area contributed by atoms with Gasteiger partial charge in [-0.15, -0.1) is 10.2 Å². The number of aryl methyl sites for hydroxylation is 1. The third-order valence-electron chi connectivity index (χ3n) is 4.94. The minimum absolute atomic E-state index is 0.158. The zero-order valence-corrected chi connectivity index (χ0v) is 18.4. The van der Waals surface area contributed by atoms with E-state index in [9.17, 15) is 9.18 Å². The Bertz CT molecular complexity index is 1210. The quantitative estimate of drug-likeness (QED) is 0.361. The number of nitrogens with zero attached hydrogens (tertiary/aromatic N) is 2. The van der Waals surface area contributed by atoms with Gasteiger partial charge in [0.2, 0.25) is 11.8 Å². The summed E-state index contributed by atoms with van der Waals surface area (Å²) >= 11 is 1.58. The van der Waals surface area contributed by atoms with Crippen LogP contribution in [0.5, 0.6) is 0 Å². The summed E-state index contributed by atoms with van der Waals surface area (Å²) in [5.41, 5.74) is 3.92. The van der Waals surface area contributed by atoms with E-state index in [1.807, 2.05) is 37.3 Å². The summed E-state index contributed by atoms with van der Waals surface area (Å²) in [6.07, 6.45) is 0. The van der Waals surface area contributed by atoms with Crippen LogP contribution in [0.2, 0.25) is 0 Å². The monoisotopic (exact) mass is 447 g/mol. The number of carbonyl (C=O) groups excluding carboxylic acids is 1. The molecule has 0 saturated heterocycles. The number of hydrogen-bond acceptors (Lipinski definition) is 5. The van der Waals surface area contributed by atoms with E-state index in [-0.39, 0.29) is 11.7 Å². The fourth-order valence-electron chi connectivity index (χ4n) is 3.16. The summed E-state index contributed by atoms with van der Waals surface area (Å²) in [5, 5.41) is 11.2. The summed E-state index contributed by atoms with van der Waals surface area (Å²) < 4.78 is 19.4. The highest BCUT2D eigenvalue weighted by atomic mass is 32.2. The van der Waals surface area contributed by atoms with Crippen LogP contribution in [-0.4, -0.2) is 28.4 Å². The first-order valence-corrected chi connectivity index (χ1v) is 11.4. The van der Waals surface area contributed by atoms with Gasteiger partial charge in [0, 0.05) is 34.7 Å². The molecule has 1 amide bonds. The highest BCUT2D eigenvalue weighted by molar-refractivity contribution is 7.98. The van der Waals surface area contributed by atoms with Gasteiger partial charge < -0.3 is 9.73 Å². The molecule has 4 aromatic rings. The molecule has 0 bridgehead atoms. The maximum Gasteiger partial charge on any atom is 0.251 e. The fraction of sp³-hybridized carbons (Fsp3) is 0.160. The zero-order valence-electron chi connectivity index (χ0n) is 17.5. The van der Waals surface area contributed by atoms with Crippen molar-refractivity contribution in [3.05, 3.63) is 95.3 Å². The number of rotatable bonds is 8. The molecule has 1 aromatic heterocycles. The second-order valence-corrected chi connectivity index (χ2v) is 8.31. The maximum atomic E-state index is 13.6. The number of amides is 1. The van der Waals surface area contributed by atoms with E-state index in [1.54, 1.807) is 48.2 Å². The maximum absolute atomic E-state index is 13.6. The average Bonchev–Trinajstić information content (AvgIpc) is 3.30. The first-order chi connectivity index (χ1) is 15.6. The molecule has 0 aliphatic rings. The molecule has 3 aromatic carbocycles. The topological polar surface area (TPSA) is 68.0 Å². The minimum Gasteiger partial charge on any atom is -0.416 e. The van der Waals surface area contributed by atoms with Gasteiger partial charge in [0.1, 0.15) is 5.82 Å². The van der Waals surface area contributed by atoms with Crippen LogP contribution in [0.3, 0.4) is 0 Å². The predicted octanol–water partition coefficient (Wildman–Crippen LogP) is 5.51. The van der Waals surface area contributed by atoms with Crippen LogP contribution in [0.1, 0.15) is 21.5 Å². The molecule has 0 spiro atoms. The van der Waals surface area contributed by atoms with E-state index in [1.165, 1.54) is 6.07 Å². The number of benzene rings is 3. The molecular formula is C25H22FN3O2S. The van der Waals surface area contributed by atoms with Gasteiger partial charge >= 0.3 is 0 Å². The van der Waals surface area contributed by atoms with Crippen molar-refractivity contribution in [3.8, 4) is 22.9 Å². The number of thioether (sulfide) groups is 1. The van der Waals surface area contributed by atoms with Gasteiger partial charge in [-0.2, -0.15) is 11.8 Å². The molecule has 0 atom stereocenters. The van der Waals surface area contributed by atoms with Crippen molar-refractivity contribution in [1.82, 2.24) is 15.5 Å². The van der Waals surface area contributed by atoms with Crippen LogP contribution in [0.25, 0.3) is 22.9 Å². The molecule has 1 heterocycles. The fourth-order valence-corrected chi connectivity index (χ4v) is 4.01. The standard InChI is InChI=1S/C25H22FN3O2S/c1-17-6-2-4-8-21(17)25-29-28-24(31-25)19-12-10-18(11-13-19)23(30)27-14-15-32-16-20-7-3-5-9-22(20)26/h2-13H,14-16H2,1H3,(H,27,30). The lowest BCUT2D eigenvalue weighted by Gasteiger charge is -2.06. The Kier molecular flexibility index (Phi) is 6.97. The van der Waals surface area contributed by atoms with E-state index >= 15 is 0 Å². The van der Waals surface area contributed by atoms with Crippen molar-refractivity contribution >= 4 is 17.7 Å². The van der Waals surface area contributed by atoms with Crippen molar-refractivity contribution in [2.45, 2.75) is 12.7 Å². The van der Waals surface area contributed by atoms with Crippen LogP contribution in [0, 0.1) is 12.7 Å². The summed E-state index contributed by atoms with van der Waals surface area (Å²) in [6.45, 7) is 2.49. The first kappa shape index (κ1) is 21.8. The minimum atomic E-state index is -0.198. The molecular weight excluding hydrogens is 425 g/mol. The van der Waals surface area contributed by atoms with Crippen molar-refractivity contribution in [1.29, 1.82) is 0 Å². The van der Waals surface area contributed by atoms with Gasteiger partial charge in [-0.3, -0.25) is 4.79 Å². The van der Waals surface area contributed by atoms with E-state index in [4.69, 9.17) is 4.42 Å². The summed E-state index contributed by atoms with van der Waals surface area (Å²) in [6, 6.07) is 21.6. The van der Waals surface area contributed by atoms with Crippen LogP contribution in [-0.2, 0) is 5.75 Å². The Morgan fingerprint density at radius 2 is 1.69 bits per heavy atom. The third kappa shape index (κ3) is 5.23. The van der Waals surface area contributed by atoms with Crippen LogP contribution in [0.4, 0.5) is 4.39 Å². The van der Waals surface area contributed by atoms with Gasteiger partial charge in [0.05, 0.1) is 0 Å². The van der Waals surface area contributed by atoms with E-state index < -0.39 is 0 Å². The Hall–Kier alpha value is -3.45. The smallest absolute Gasteiger partial charge is 0.251 e. The van der Waals surface area contributed by atoms with Gasteiger partial charge in [-0.05, 0) is 54.4 Å². The first-order valence-electron chi connectivity index (χ1n) is 10.2. The van der Waals surface area contributed by atoms with Crippen molar-refractivity contribution in [2.24, 2.45) is 0 Å². The molecule has 0 radical (unpaired) electrons. The molecule has 32 heavy (non-hydrogen) atoms. The molecule has 0 fully saturated rings. The van der Waals surface area contributed by atoms with E-state index in [0.29, 0.717) is 41.0 Å². The van der Waals surface area contributed by atoms with Gasteiger partial charge in [0.15, 0.2) is 0 Å². The predicted molar refractivity (Wildman–Crippen MR) is 125 cm³/mol. The molecule has 0 unspecified atom stereocenters. The summed E-state index contributed by atoms with van der Waals surface area (Å²) in [7, 11) is 0. The van der Waals surface area contributed by atoms with E-state index in [2.05, 4.69) is 15.5 Å². The van der Waals surface area contributed by atoms with Gasteiger partial charge in [-0.1, -0.05) is 36.4 Å². The highest BCUT2D eigenvalue weighted by Crippen LogP contribution is 2.26. The SMILES string of the molecule is Cc1ccccc1-c1nnc(-c2ccc(C(=O)NCCSCc3ccccc3F)cc2)o1. The van der Waals surface area contributed by atoms with Crippen molar-refractivity contribution < 1.29 is 13.6 Å². The molecule has 4 rings (SSSR count). The average molecular weight is 448 g/mol. The zero-order chi connectivity index (χ0) is 22.3. The molecule has 5 nitrogen and oxygen atoms in total. The normalized spacial score (nSPS) is 10.8. The van der Waals surface area contributed by atoms with E-state index in [0.717, 1.165) is 16.7 Å². The van der Waals surface area contributed by atoms with Crippen LogP contribution < -0.4 is 5.32 Å². The molecule has 162 valence electrons. The second-order valence-electron chi connectivity index (χ2n) is 7.20. The second kappa shape index (κ2) is 10.2. The lowest BCUT2D eigenvalue weighted by atomic mass is 10.1. The highest BCUT2D eigenvalue weighted by Gasteiger charge is 2.13. The Balaban J connectivity index is 1.29. The van der Waals surface area contributed by atoms with Crippen molar-refractivity contribution in [3.63, 3.8) is 0 Å². The molecule has 7 heteroatoms. The van der Waals surface area contributed by atoms with Gasteiger partial charge in [0.25, 0.3) is 5.91 Å². The number of carbonyl (C=O) groups is 1. The van der Waals surface area contributed by atoms with Crippen LogP contribution >= 0.6 is 11.8 Å². The lowest BCUT2D eigenvalue weighted by Crippen LogP contribution is -2.25. The largest absolute Gasteiger partial charge is 0.416 e. The lowest BCUT2D eigenvalue weighted by molar-refractivity contribution is 0.0956.